The maximum Gasteiger partial charge on any atom is 0.407 e. The van der Waals surface area contributed by atoms with E-state index in [4.69, 9.17) is 15.7 Å². The number of carbonyl (C=O) groups is 1. The van der Waals surface area contributed by atoms with E-state index in [1.54, 1.807) is 18.2 Å². The highest BCUT2D eigenvalue weighted by Gasteiger charge is 2.28. The minimum absolute atomic E-state index is 0.0136. The average Bonchev–Trinajstić information content (AvgIpc) is 3.09. The number of ether oxygens (including phenoxy) is 1. The summed E-state index contributed by atoms with van der Waals surface area (Å²) in [4.78, 5) is 12.1. The molecule has 1 aliphatic carbocycles. The molecule has 0 bridgehead atoms. The van der Waals surface area contributed by atoms with E-state index in [-0.39, 0.29) is 19.1 Å². The lowest BCUT2D eigenvalue weighted by atomic mass is 9.98. The van der Waals surface area contributed by atoms with Crippen molar-refractivity contribution in [3.63, 3.8) is 0 Å². The van der Waals surface area contributed by atoms with Crippen molar-refractivity contribution in [3.05, 3.63) is 89.0 Å². The Hall–Kier alpha value is -4.22. The van der Waals surface area contributed by atoms with Crippen molar-refractivity contribution in [3.8, 4) is 29.0 Å². The number of nitrogens with two attached hydrogens (primary N) is 1. The Labute approximate surface area is 175 Å². The molecule has 1 aliphatic rings. The van der Waals surface area contributed by atoms with E-state index < -0.39 is 6.09 Å². The topological polar surface area (TPSA) is 88.1 Å². The molecule has 0 saturated heterocycles. The molecule has 5 heteroatoms. The number of anilines is 1. The van der Waals surface area contributed by atoms with E-state index in [9.17, 15) is 4.79 Å². The zero-order valence-corrected chi connectivity index (χ0v) is 16.2. The Kier molecular flexibility index (Phi) is 5.37. The Morgan fingerprint density at radius 1 is 1.00 bits per heavy atom. The number of nitrogens with one attached hydrogen (secondary N) is 1. The molecule has 1 amide bonds. The van der Waals surface area contributed by atoms with Gasteiger partial charge in [-0.25, -0.2) is 4.79 Å². The fourth-order valence-corrected chi connectivity index (χ4v) is 3.70. The van der Waals surface area contributed by atoms with E-state index in [0.717, 1.165) is 11.1 Å². The molecule has 5 nitrogen and oxygen atoms in total. The Morgan fingerprint density at radius 2 is 1.67 bits per heavy atom. The third kappa shape index (κ3) is 3.70. The second-order valence-electron chi connectivity index (χ2n) is 6.86. The van der Waals surface area contributed by atoms with Gasteiger partial charge in [0.25, 0.3) is 0 Å². The minimum Gasteiger partial charge on any atom is -0.449 e. The predicted octanol–water partition coefficient (Wildman–Crippen LogP) is 4.03. The average molecular weight is 393 g/mol. The second kappa shape index (κ2) is 8.43. The Bertz CT molecular complexity index is 1170. The number of rotatable bonds is 3. The number of fused-ring (bicyclic) bond motifs is 3. The van der Waals surface area contributed by atoms with Gasteiger partial charge in [0.05, 0.1) is 17.8 Å². The summed E-state index contributed by atoms with van der Waals surface area (Å²) >= 11 is 0. The first-order valence-electron chi connectivity index (χ1n) is 9.55. The van der Waals surface area contributed by atoms with Gasteiger partial charge in [-0.1, -0.05) is 66.4 Å². The summed E-state index contributed by atoms with van der Waals surface area (Å²) in [5, 5.41) is 11.8. The van der Waals surface area contributed by atoms with Gasteiger partial charge in [0.15, 0.2) is 0 Å². The van der Waals surface area contributed by atoms with Gasteiger partial charge in [0, 0.05) is 11.5 Å². The van der Waals surface area contributed by atoms with Gasteiger partial charge >= 0.3 is 6.09 Å². The molecule has 0 aromatic heterocycles. The molecule has 0 aliphatic heterocycles. The van der Waals surface area contributed by atoms with Crippen molar-refractivity contribution in [2.75, 3.05) is 18.9 Å². The van der Waals surface area contributed by atoms with Crippen molar-refractivity contribution in [2.45, 2.75) is 5.92 Å². The monoisotopic (exact) mass is 393 g/mol. The number of alkyl carbamates (subject to hydrolysis) is 1. The largest absolute Gasteiger partial charge is 0.449 e. The normalized spacial score (nSPS) is 11.4. The van der Waals surface area contributed by atoms with Crippen LogP contribution in [0.3, 0.4) is 0 Å². The summed E-state index contributed by atoms with van der Waals surface area (Å²) in [6, 6.07) is 23.5. The van der Waals surface area contributed by atoms with Crippen LogP contribution in [0.5, 0.6) is 0 Å². The lowest BCUT2D eigenvalue weighted by Gasteiger charge is -2.14. The number of nitrogen functional groups attached to an aromatic ring is 1. The highest BCUT2D eigenvalue weighted by molar-refractivity contribution is 5.79. The predicted molar refractivity (Wildman–Crippen MR) is 116 cm³/mol. The number of carbonyl (C=O) groups excluding carboxylic acids is 1. The smallest absolute Gasteiger partial charge is 0.407 e. The molecule has 0 radical (unpaired) electrons. The number of amides is 1. The molecule has 3 N–H and O–H groups in total. The first-order chi connectivity index (χ1) is 14.7. The van der Waals surface area contributed by atoms with Crippen LogP contribution in [0.1, 0.15) is 28.2 Å². The highest BCUT2D eigenvalue weighted by atomic mass is 16.5. The van der Waals surface area contributed by atoms with Crippen molar-refractivity contribution in [1.82, 2.24) is 5.32 Å². The fourth-order valence-electron chi connectivity index (χ4n) is 3.70. The van der Waals surface area contributed by atoms with Crippen LogP contribution in [-0.4, -0.2) is 19.2 Å². The maximum atomic E-state index is 12.1. The summed E-state index contributed by atoms with van der Waals surface area (Å²) in [5.41, 5.74) is 11.7. The minimum atomic E-state index is -0.528. The van der Waals surface area contributed by atoms with Gasteiger partial charge in [-0.2, -0.15) is 5.26 Å². The van der Waals surface area contributed by atoms with Gasteiger partial charge in [0.1, 0.15) is 12.7 Å². The molecule has 3 aromatic rings. The van der Waals surface area contributed by atoms with Crippen LogP contribution < -0.4 is 11.1 Å². The van der Waals surface area contributed by atoms with Crippen LogP contribution in [0.15, 0.2) is 66.7 Å². The lowest BCUT2D eigenvalue weighted by molar-refractivity contribution is 0.144. The Balaban J connectivity index is 1.37. The van der Waals surface area contributed by atoms with Crippen LogP contribution in [0.4, 0.5) is 10.5 Å². The zero-order chi connectivity index (χ0) is 20.9. The summed E-state index contributed by atoms with van der Waals surface area (Å²) in [6.45, 7) is 0.359. The zero-order valence-electron chi connectivity index (χ0n) is 16.2. The Morgan fingerprint density at radius 3 is 2.33 bits per heavy atom. The van der Waals surface area contributed by atoms with Crippen LogP contribution in [-0.2, 0) is 4.74 Å². The molecule has 4 rings (SSSR count). The van der Waals surface area contributed by atoms with Crippen LogP contribution in [0, 0.1) is 23.2 Å². The lowest BCUT2D eigenvalue weighted by Crippen LogP contribution is -2.26. The number of nitriles is 1. The van der Waals surface area contributed by atoms with Gasteiger partial charge in [-0.05, 0) is 34.4 Å². The third-order valence-corrected chi connectivity index (χ3v) is 5.10. The molecule has 146 valence electrons. The van der Waals surface area contributed by atoms with Crippen LogP contribution >= 0.6 is 0 Å². The fraction of sp³-hybridized carbons (Fsp3) is 0.120. The SMILES string of the molecule is N#Cc1c(N)cccc1C#CCNC(=O)OCC1c2ccccc2-c2ccccc21. The number of benzene rings is 3. The van der Waals surface area contributed by atoms with Crippen molar-refractivity contribution < 1.29 is 9.53 Å². The molecule has 0 spiro atoms. The van der Waals surface area contributed by atoms with Gasteiger partial charge < -0.3 is 15.8 Å². The summed E-state index contributed by atoms with van der Waals surface area (Å²) in [6.07, 6.45) is -0.528. The second-order valence-corrected chi connectivity index (χ2v) is 6.86. The molecule has 3 aromatic carbocycles. The first-order valence-corrected chi connectivity index (χ1v) is 9.55. The van der Waals surface area contributed by atoms with Crippen molar-refractivity contribution in [2.24, 2.45) is 0 Å². The van der Waals surface area contributed by atoms with E-state index in [2.05, 4.69) is 41.4 Å². The molecular formula is C25H19N3O2. The number of hydrogen-bond acceptors (Lipinski definition) is 4. The van der Waals surface area contributed by atoms with E-state index in [0.29, 0.717) is 16.8 Å². The quantitative estimate of drug-likeness (QED) is 0.519. The van der Waals surface area contributed by atoms with Crippen molar-refractivity contribution >= 4 is 11.8 Å². The summed E-state index contributed by atoms with van der Waals surface area (Å²) in [5.74, 6) is 5.70. The number of hydrogen-bond donors (Lipinski definition) is 2. The van der Waals surface area contributed by atoms with Crippen molar-refractivity contribution in [1.29, 1.82) is 5.26 Å². The molecule has 0 unspecified atom stereocenters. The van der Waals surface area contributed by atoms with E-state index >= 15 is 0 Å². The molecular weight excluding hydrogens is 374 g/mol. The first kappa shape index (κ1) is 19.1. The van der Waals surface area contributed by atoms with Gasteiger partial charge in [0.2, 0.25) is 0 Å². The summed E-state index contributed by atoms with van der Waals surface area (Å²) in [7, 11) is 0. The van der Waals surface area contributed by atoms with Crippen LogP contribution in [0.2, 0.25) is 0 Å². The molecule has 0 heterocycles. The summed E-state index contributed by atoms with van der Waals surface area (Å²) < 4.78 is 5.47. The number of nitrogens with zero attached hydrogens (tertiary/aromatic N) is 1. The molecule has 30 heavy (non-hydrogen) atoms. The van der Waals surface area contributed by atoms with E-state index in [1.165, 1.54) is 11.1 Å². The standard InChI is InChI=1S/C25H19N3O2/c26-15-22-17(7-5-13-24(22)27)8-6-14-28-25(29)30-16-23-20-11-3-1-9-18(20)19-10-2-4-12-21(19)23/h1-5,7,9-13,23H,14,16,27H2,(H,28,29). The highest BCUT2D eigenvalue weighted by Crippen LogP contribution is 2.44. The van der Waals surface area contributed by atoms with Gasteiger partial charge in [-0.15, -0.1) is 0 Å². The molecule has 0 saturated carbocycles. The van der Waals surface area contributed by atoms with Crippen LogP contribution in [0.25, 0.3) is 11.1 Å². The maximum absolute atomic E-state index is 12.1. The molecule has 0 fully saturated rings. The third-order valence-electron chi connectivity index (χ3n) is 5.10. The van der Waals surface area contributed by atoms with E-state index in [1.807, 2.05) is 30.3 Å². The van der Waals surface area contributed by atoms with Gasteiger partial charge in [-0.3, -0.25) is 0 Å². The molecule has 0 atom stereocenters.